The lowest BCUT2D eigenvalue weighted by molar-refractivity contribution is 0.0701. The standard InChI is InChI=1S/C24H20FN3O4/c25-18-9-3-1-7-16(18)21-17-8-2-4-10-20(17)32-14-6-5-12-26-15-28(21)27-13-11-19(29)23(30)22(27)24(26)31/h1-11,13,21,30H,12,14-15H2/b6-5-. The SMILES string of the molecule is O=C1c2c(O)c(=O)ccn2N2CN1C/C=C\COc1ccccc1C2c1ccccc1F. The molecule has 0 aliphatic carbocycles. The minimum Gasteiger partial charge on any atom is -0.502 e. The molecule has 0 fully saturated rings. The molecule has 2 bridgehead atoms. The van der Waals surface area contributed by atoms with Crippen molar-refractivity contribution in [1.29, 1.82) is 0 Å². The maximum atomic E-state index is 15.1. The summed E-state index contributed by atoms with van der Waals surface area (Å²) in [6, 6.07) is 14.2. The number of nitrogens with zero attached hydrogens (tertiary/aromatic N) is 3. The summed E-state index contributed by atoms with van der Waals surface area (Å²) in [5.74, 6) is -0.970. The van der Waals surface area contributed by atoms with E-state index in [2.05, 4.69) is 0 Å². The van der Waals surface area contributed by atoms with Gasteiger partial charge in [0.05, 0.1) is 0 Å². The van der Waals surface area contributed by atoms with E-state index < -0.39 is 28.9 Å². The van der Waals surface area contributed by atoms with Crippen LogP contribution in [-0.4, -0.2) is 40.4 Å². The molecule has 162 valence electrons. The number of para-hydroxylation sites is 1. The summed E-state index contributed by atoms with van der Waals surface area (Å²) in [7, 11) is 0. The zero-order chi connectivity index (χ0) is 22.2. The third-order valence-electron chi connectivity index (χ3n) is 5.68. The highest BCUT2D eigenvalue weighted by Gasteiger charge is 2.37. The summed E-state index contributed by atoms with van der Waals surface area (Å²) in [6.07, 6.45) is 5.01. The molecule has 1 aromatic heterocycles. The minimum absolute atomic E-state index is 0.103. The van der Waals surface area contributed by atoms with E-state index in [1.807, 2.05) is 24.3 Å². The van der Waals surface area contributed by atoms with Crippen molar-refractivity contribution in [2.24, 2.45) is 0 Å². The molecule has 2 aromatic carbocycles. The lowest BCUT2D eigenvalue weighted by atomic mass is 9.96. The topological polar surface area (TPSA) is 75.0 Å². The third kappa shape index (κ3) is 3.20. The number of hydrogen-bond donors (Lipinski definition) is 1. The Hall–Kier alpha value is -4.07. The van der Waals surface area contributed by atoms with E-state index in [9.17, 15) is 14.7 Å². The van der Waals surface area contributed by atoms with Gasteiger partial charge in [-0.3, -0.25) is 19.3 Å². The molecule has 1 atom stereocenters. The Kier molecular flexibility index (Phi) is 4.89. The van der Waals surface area contributed by atoms with Crippen LogP contribution in [-0.2, 0) is 0 Å². The Morgan fingerprint density at radius 2 is 1.72 bits per heavy atom. The first-order valence-corrected chi connectivity index (χ1v) is 10.2. The van der Waals surface area contributed by atoms with Gasteiger partial charge in [-0.05, 0) is 18.2 Å². The van der Waals surface area contributed by atoms with E-state index in [1.165, 1.54) is 27.9 Å². The Morgan fingerprint density at radius 1 is 0.969 bits per heavy atom. The number of aromatic hydroxyl groups is 1. The van der Waals surface area contributed by atoms with E-state index in [4.69, 9.17) is 4.74 Å². The number of carbonyl (C=O) groups excluding carboxylic acids is 1. The monoisotopic (exact) mass is 433 g/mol. The smallest absolute Gasteiger partial charge is 0.278 e. The molecule has 7 nitrogen and oxygen atoms in total. The highest BCUT2D eigenvalue weighted by Crippen LogP contribution is 2.37. The number of pyridine rings is 1. The van der Waals surface area contributed by atoms with E-state index >= 15 is 4.39 Å². The average Bonchev–Trinajstić information content (AvgIpc) is 2.82. The maximum Gasteiger partial charge on any atom is 0.278 e. The number of benzene rings is 2. The number of amides is 1. The van der Waals surface area contributed by atoms with Crippen molar-refractivity contribution in [2.45, 2.75) is 6.04 Å². The van der Waals surface area contributed by atoms with Crippen LogP contribution in [0.2, 0.25) is 0 Å². The first-order chi connectivity index (χ1) is 15.6. The fourth-order valence-corrected chi connectivity index (χ4v) is 4.17. The highest BCUT2D eigenvalue weighted by atomic mass is 19.1. The molecule has 5 rings (SSSR count). The van der Waals surface area contributed by atoms with Gasteiger partial charge in [0.15, 0.2) is 11.4 Å². The number of halogens is 1. The van der Waals surface area contributed by atoms with E-state index in [-0.39, 0.29) is 25.5 Å². The maximum absolute atomic E-state index is 15.1. The number of hydrogen-bond acceptors (Lipinski definition) is 5. The first-order valence-electron chi connectivity index (χ1n) is 10.2. The van der Waals surface area contributed by atoms with Crippen LogP contribution in [0.1, 0.15) is 27.7 Å². The van der Waals surface area contributed by atoms with Crippen LogP contribution in [0, 0.1) is 5.82 Å². The number of ether oxygens (including phenoxy) is 1. The second-order valence-corrected chi connectivity index (χ2v) is 7.57. The molecule has 0 saturated heterocycles. The Bertz CT molecular complexity index is 1290. The summed E-state index contributed by atoms with van der Waals surface area (Å²) < 4.78 is 22.5. The number of rotatable bonds is 1. The van der Waals surface area contributed by atoms with Crippen molar-refractivity contribution in [2.75, 3.05) is 24.8 Å². The van der Waals surface area contributed by atoms with Gasteiger partial charge in [0.25, 0.3) is 5.91 Å². The largest absolute Gasteiger partial charge is 0.502 e. The summed E-state index contributed by atoms with van der Waals surface area (Å²) in [5, 5.41) is 12.2. The molecular weight excluding hydrogens is 413 g/mol. The summed E-state index contributed by atoms with van der Waals surface area (Å²) in [4.78, 5) is 26.8. The zero-order valence-electron chi connectivity index (χ0n) is 17.0. The second kappa shape index (κ2) is 7.88. The minimum atomic E-state index is -0.707. The Balaban J connectivity index is 1.82. The number of carbonyl (C=O) groups is 1. The van der Waals surface area contributed by atoms with Crippen molar-refractivity contribution in [1.82, 2.24) is 9.58 Å². The van der Waals surface area contributed by atoms with Crippen LogP contribution in [0.5, 0.6) is 11.5 Å². The van der Waals surface area contributed by atoms with Crippen molar-refractivity contribution in [3.63, 3.8) is 0 Å². The van der Waals surface area contributed by atoms with Crippen LogP contribution < -0.4 is 15.2 Å². The fourth-order valence-electron chi connectivity index (χ4n) is 4.17. The van der Waals surface area contributed by atoms with Gasteiger partial charge in [-0.1, -0.05) is 42.5 Å². The fraction of sp³-hybridized carbons (Fsp3) is 0.167. The molecule has 0 saturated carbocycles. The quantitative estimate of drug-likeness (QED) is 0.598. The van der Waals surface area contributed by atoms with E-state index in [0.717, 1.165) is 0 Å². The normalized spacial score (nSPS) is 18.8. The summed E-state index contributed by atoms with van der Waals surface area (Å²) in [6.45, 7) is 0.618. The Morgan fingerprint density at radius 3 is 2.53 bits per heavy atom. The van der Waals surface area contributed by atoms with Gasteiger partial charge >= 0.3 is 0 Å². The molecule has 1 unspecified atom stereocenters. The lowest BCUT2D eigenvalue weighted by Crippen LogP contribution is -2.55. The molecule has 1 amide bonds. The van der Waals surface area contributed by atoms with Gasteiger partial charge in [-0.15, -0.1) is 0 Å². The van der Waals surface area contributed by atoms with Crippen LogP contribution in [0.3, 0.4) is 0 Å². The van der Waals surface area contributed by atoms with Gasteiger partial charge < -0.3 is 14.7 Å². The molecule has 0 spiro atoms. The second-order valence-electron chi connectivity index (χ2n) is 7.57. The van der Waals surface area contributed by atoms with Gasteiger partial charge in [0.2, 0.25) is 5.43 Å². The predicted molar refractivity (Wildman–Crippen MR) is 116 cm³/mol. The lowest BCUT2D eigenvalue weighted by Gasteiger charge is -2.43. The molecule has 8 heteroatoms. The molecule has 2 aliphatic rings. The molecule has 32 heavy (non-hydrogen) atoms. The van der Waals surface area contributed by atoms with Crippen LogP contribution in [0.25, 0.3) is 0 Å². The number of aromatic nitrogens is 1. The summed E-state index contributed by atoms with van der Waals surface area (Å²) in [5.41, 5.74) is 0.245. The molecule has 2 aliphatic heterocycles. The van der Waals surface area contributed by atoms with Gasteiger partial charge in [-0.25, -0.2) is 4.39 Å². The van der Waals surface area contributed by atoms with Gasteiger partial charge in [-0.2, -0.15) is 0 Å². The third-order valence-corrected chi connectivity index (χ3v) is 5.68. The zero-order valence-corrected chi connectivity index (χ0v) is 17.0. The van der Waals surface area contributed by atoms with Crippen LogP contribution in [0.15, 0.2) is 77.7 Å². The van der Waals surface area contributed by atoms with Crippen LogP contribution >= 0.6 is 0 Å². The molecular formula is C24H20FN3O4. The van der Waals surface area contributed by atoms with Crippen molar-refractivity contribution in [3.8, 4) is 11.5 Å². The molecule has 3 heterocycles. The highest BCUT2D eigenvalue weighted by molar-refractivity contribution is 5.96. The van der Waals surface area contributed by atoms with E-state index in [0.29, 0.717) is 16.9 Å². The van der Waals surface area contributed by atoms with E-state index in [1.54, 1.807) is 35.4 Å². The number of fused-ring (bicyclic) bond motifs is 5. The predicted octanol–water partition coefficient (Wildman–Crippen LogP) is 2.78. The first kappa shape index (κ1) is 19.9. The van der Waals surface area contributed by atoms with Crippen molar-refractivity contribution in [3.05, 3.63) is 106 Å². The van der Waals surface area contributed by atoms with Crippen molar-refractivity contribution >= 4 is 5.91 Å². The van der Waals surface area contributed by atoms with Crippen molar-refractivity contribution < 1.29 is 19.0 Å². The van der Waals surface area contributed by atoms with Gasteiger partial charge in [0.1, 0.15) is 30.9 Å². The summed E-state index contributed by atoms with van der Waals surface area (Å²) >= 11 is 0. The average molecular weight is 433 g/mol. The van der Waals surface area contributed by atoms with Gasteiger partial charge in [0, 0.05) is 29.9 Å². The van der Waals surface area contributed by atoms with Crippen LogP contribution in [0.4, 0.5) is 4.39 Å². The molecule has 1 N–H and O–H groups in total. The molecule has 3 aromatic rings. The Labute approximate surface area is 183 Å². The molecule has 0 radical (unpaired) electrons.